The molecule has 5 nitrogen and oxygen atoms in total. The molecule has 0 unspecified atom stereocenters. The largest absolute Gasteiger partial charge is 0.377 e. The maximum atomic E-state index is 12.9. The molecule has 29 heavy (non-hydrogen) atoms. The van der Waals surface area contributed by atoms with Gasteiger partial charge in [-0.15, -0.1) is 22.7 Å². The fourth-order valence-corrected chi connectivity index (χ4v) is 6.33. The fraction of sp³-hybridized carbons (Fsp3) is 0.545. The highest BCUT2D eigenvalue weighted by Crippen LogP contribution is 2.39. The van der Waals surface area contributed by atoms with Crippen LogP contribution in [0.3, 0.4) is 0 Å². The van der Waals surface area contributed by atoms with E-state index in [-0.39, 0.29) is 12.0 Å². The van der Waals surface area contributed by atoms with Gasteiger partial charge in [-0.1, -0.05) is 13.0 Å². The summed E-state index contributed by atoms with van der Waals surface area (Å²) in [6.07, 6.45) is 5.41. The van der Waals surface area contributed by atoms with Crippen LogP contribution in [0, 0.1) is 17.2 Å². The average molecular weight is 430 g/mol. The second-order valence-corrected chi connectivity index (χ2v) is 10.2. The molecule has 154 valence electrons. The van der Waals surface area contributed by atoms with E-state index < -0.39 is 0 Å². The number of thiophene rings is 2. The van der Waals surface area contributed by atoms with E-state index >= 15 is 0 Å². The predicted octanol–water partition coefficient (Wildman–Crippen LogP) is 4.43. The minimum absolute atomic E-state index is 0.0531. The lowest BCUT2D eigenvalue weighted by atomic mass is 9.89. The van der Waals surface area contributed by atoms with E-state index in [0.29, 0.717) is 18.0 Å². The molecule has 2 aromatic heterocycles. The Morgan fingerprint density at radius 2 is 2.34 bits per heavy atom. The van der Waals surface area contributed by atoms with Crippen molar-refractivity contribution in [2.75, 3.05) is 25.0 Å². The normalized spacial score (nSPS) is 21.1. The smallest absolute Gasteiger partial charge is 0.239 e. The number of nitrogens with one attached hydrogen (secondary N) is 1. The van der Waals surface area contributed by atoms with Crippen LogP contribution in [-0.4, -0.2) is 36.6 Å². The summed E-state index contributed by atoms with van der Waals surface area (Å²) in [5.41, 5.74) is 1.83. The molecule has 1 aliphatic carbocycles. The van der Waals surface area contributed by atoms with Crippen LogP contribution < -0.4 is 5.32 Å². The van der Waals surface area contributed by atoms with Crippen LogP contribution in [0.15, 0.2) is 17.5 Å². The zero-order chi connectivity index (χ0) is 20.2. The van der Waals surface area contributed by atoms with E-state index in [1.165, 1.54) is 9.75 Å². The van der Waals surface area contributed by atoms with Gasteiger partial charge in [0.2, 0.25) is 5.91 Å². The highest BCUT2D eigenvalue weighted by molar-refractivity contribution is 7.16. The van der Waals surface area contributed by atoms with Crippen molar-refractivity contribution < 1.29 is 9.53 Å². The van der Waals surface area contributed by atoms with Crippen molar-refractivity contribution in [3.05, 3.63) is 38.4 Å². The van der Waals surface area contributed by atoms with E-state index in [4.69, 9.17) is 4.74 Å². The average Bonchev–Trinajstić information content (AvgIpc) is 3.42. The Morgan fingerprint density at radius 3 is 3.07 bits per heavy atom. The van der Waals surface area contributed by atoms with Gasteiger partial charge in [-0.05, 0) is 55.0 Å². The fourth-order valence-electron chi connectivity index (χ4n) is 4.21. The molecule has 0 spiro atoms. The summed E-state index contributed by atoms with van der Waals surface area (Å²) < 4.78 is 5.79. The molecule has 3 heterocycles. The number of nitrogens with zero attached hydrogens (tertiary/aromatic N) is 2. The highest BCUT2D eigenvalue weighted by atomic mass is 32.1. The number of hydrogen-bond acceptors (Lipinski definition) is 6. The van der Waals surface area contributed by atoms with Gasteiger partial charge in [-0.2, -0.15) is 5.26 Å². The lowest BCUT2D eigenvalue weighted by Gasteiger charge is -2.24. The van der Waals surface area contributed by atoms with Gasteiger partial charge in [0.1, 0.15) is 11.1 Å². The van der Waals surface area contributed by atoms with Crippen LogP contribution in [0.4, 0.5) is 5.00 Å². The third-order valence-electron chi connectivity index (χ3n) is 5.69. The molecule has 1 saturated heterocycles. The zero-order valence-electron chi connectivity index (χ0n) is 16.8. The number of fused-ring (bicyclic) bond motifs is 1. The lowest BCUT2D eigenvalue weighted by molar-refractivity contribution is -0.117. The van der Waals surface area contributed by atoms with Crippen LogP contribution in [0.1, 0.15) is 47.1 Å². The van der Waals surface area contributed by atoms with E-state index in [0.717, 1.165) is 62.4 Å². The first kappa shape index (κ1) is 20.5. The second kappa shape index (κ2) is 9.40. The Hall–Kier alpha value is -1.72. The van der Waals surface area contributed by atoms with Gasteiger partial charge >= 0.3 is 0 Å². The first-order valence-electron chi connectivity index (χ1n) is 10.3. The van der Waals surface area contributed by atoms with Gasteiger partial charge in [0.15, 0.2) is 0 Å². The van der Waals surface area contributed by atoms with Crippen LogP contribution in [0.5, 0.6) is 0 Å². The van der Waals surface area contributed by atoms with E-state index in [9.17, 15) is 10.1 Å². The molecule has 2 aliphatic rings. The maximum absolute atomic E-state index is 12.9. The Bertz CT molecular complexity index is 879. The monoisotopic (exact) mass is 429 g/mol. The minimum atomic E-state index is -0.0531. The maximum Gasteiger partial charge on any atom is 0.239 e. The lowest BCUT2D eigenvalue weighted by Crippen LogP contribution is -2.37. The van der Waals surface area contributed by atoms with Gasteiger partial charge in [-0.25, -0.2) is 0 Å². The molecule has 0 aromatic carbocycles. The van der Waals surface area contributed by atoms with Crippen molar-refractivity contribution in [3.8, 4) is 6.07 Å². The van der Waals surface area contributed by atoms with Crippen molar-refractivity contribution in [1.82, 2.24) is 4.90 Å². The van der Waals surface area contributed by atoms with Crippen molar-refractivity contribution in [1.29, 1.82) is 5.26 Å². The molecule has 1 aliphatic heterocycles. The Kier molecular flexibility index (Phi) is 6.66. The molecule has 7 heteroatoms. The summed E-state index contributed by atoms with van der Waals surface area (Å²) in [5, 5.41) is 15.5. The molecule has 1 amide bonds. The van der Waals surface area contributed by atoms with Gasteiger partial charge in [-0.3, -0.25) is 9.69 Å². The Labute approximate surface area is 180 Å². The Balaban J connectivity index is 1.44. The zero-order valence-corrected chi connectivity index (χ0v) is 18.4. The van der Waals surface area contributed by atoms with Gasteiger partial charge in [0.05, 0.1) is 18.2 Å². The number of hydrogen-bond donors (Lipinski definition) is 1. The number of anilines is 1. The summed E-state index contributed by atoms with van der Waals surface area (Å²) in [5.74, 6) is 0.589. The van der Waals surface area contributed by atoms with E-state index in [1.807, 2.05) is 6.07 Å². The topological polar surface area (TPSA) is 65.4 Å². The van der Waals surface area contributed by atoms with Crippen molar-refractivity contribution in [2.45, 2.75) is 51.7 Å². The first-order chi connectivity index (χ1) is 14.1. The predicted molar refractivity (Wildman–Crippen MR) is 117 cm³/mol. The van der Waals surface area contributed by atoms with Crippen molar-refractivity contribution in [2.24, 2.45) is 5.92 Å². The molecule has 0 radical (unpaired) electrons. The third-order valence-corrected chi connectivity index (χ3v) is 7.72. The first-order valence-corrected chi connectivity index (χ1v) is 12.0. The molecular formula is C22H27N3O2S2. The number of nitriles is 1. The molecule has 1 N–H and O–H groups in total. The van der Waals surface area contributed by atoms with Crippen LogP contribution in [0.2, 0.25) is 0 Å². The van der Waals surface area contributed by atoms with Gasteiger partial charge in [0.25, 0.3) is 0 Å². The van der Waals surface area contributed by atoms with Crippen molar-refractivity contribution in [3.63, 3.8) is 0 Å². The van der Waals surface area contributed by atoms with E-state index in [1.54, 1.807) is 22.7 Å². The molecule has 2 atom stereocenters. The summed E-state index contributed by atoms with van der Waals surface area (Å²) in [7, 11) is 0. The molecular weight excluding hydrogens is 402 g/mol. The van der Waals surface area contributed by atoms with Crippen LogP contribution in [-0.2, 0) is 28.9 Å². The number of ether oxygens (including phenoxy) is 1. The summed E-state index contributed by atoms with van der Waals surface area (Å²) in [4.78, 5) is 17.6. The van der Waals surface area contributed by atoms with Crippen LogP contribution in [0.25, 0.3) is 0 Å². The Morgan fingerprint density at radius 1 is 1.45 bits per heavy atom. The number of rotatable bonds is 7. The summed E-state index contributed by atoms with van der Waals surface area (Å²) >= 11 is 3.30. The molecule has 2 aromatic rings. The van der Waals surface area contributed by atoms with Crippen LogP contribution >= 0.6 is 22.7 Å². The number of carbonyl (C=O) groups is 1. The van der Waals surface area contributed by atoms with E-state index in [2.05, 4.69) is 34.7 Å². The van der Waals surface area contributed by atoms with Gasteiger partial charge < -0.3 is 10.1 Å². The standard InChI is InChI=1S/C22H27N3O2S2/c1-15-6-7-18-19(11-23)22(29-20(18)10-15)24-21(26)14-25(12-16-4-2-8-27-16)13-17-5-3-9-28-17/h3,5,9,15-16H,2,4,6-8,10,12-14H2,1H3,(H,24,26)/t15-,16+/m1/s1. The quantitative estimate of drug-likeness (QED) is 0.707. The second-order valence-electron chi connectivity index (χ2n) is 8.10. The number of carbonyl (C=O) groups excluding carboxylic acids is 1. The summed E-state index contributed by atoms with van der Waals surface area (Å²) in [6, 6.07) is 6.48. The van der Waals surface area contributed by atoms with Crippen molar-refractivity contribution >= 4 is 33.6 Å². The molecule has 0 saturated carbocycles. The third kappa shape index (κ3) is 5.07. The molecule has 1 fully saturated rings. The van der Waals surface area contributed by atoms with Gasteiger partial charge in [0, 0.05) is 29.5 Å². The minimum Gasteiger partial charge on any atom is -0.377 e. The highest BCUT2D eigenvalue weighted by Gasteiger charge is 2.26. The number of amides is 1. The SMILES string of the molecule is C[C@@H]1CCc2c(sc(NC(=O)CN(Cc3cccs3)C[C@@H]3CCCO3)c2C#N)C1. The summed E-state index contributed by atoms with van der Waals surface area (Å²) in [6.45, 7) is 4.87. The molecule has 0 bridgehead atoms. The molecule has 4 rings (SSSR count).